The first-order chi connectivity index (χ1) is 3.66. The van der Waals surface area contributed by atoms with Crippen LogP contribution in [0.1, 0.15) is 0 Å². The monoisotopic (exact) mass is 135 g/mol. The summed E-state index contributed by atoms with van der Waals surface area (Å²) in [5.41, 5.74) is -0.690. The molecule has 0 aromatic rings. The maximum Gasteiger partial charge on any atom is 0.414 e. The van der Waals surface area contributed by atoms with Crippen molar-refractivity contribution in [1.82, 2.24) is 5.32 Å². The molecule has 0 aliphatic rings. The third kappa shape index (κ3) is 3.56. The lowest BCUT2D eigenvalue weighted by molar-refractivity contribution is 0.169. The topological polar surface area (TPSA) is 55.4 Å². The molecule has 0 bridgehead atoms. The molecule has 4 nitrogen and oxygen atoms in total. The molecule has 1 unspecified atom stereocenters. The number of hydrogen-bond acceptors (Lipinski definition) is 3. The number of rotatable bonds is 0. The highest BCUT2D eigenvalue weighted by atomic mass is 31.0. The fourth-order valence-corrected chi connectivity index (χ4v) is 0.249. The predicted octanol–water partition coefficient (Wildman–Crippen LogP) is 0.337. The van der Waals surface area contributed by atoms with Crippen LogP contribution in [-0.2, 0) is 4.74 Å². The van der Waals surface area contributed by atoms with E-state index in [1.165, 1.54) is 7.05 Å². The number of nitrogens with one attached hydrogen (secondary N) is 1. The molecule has 0 aliphatic heterocycles. The minimum absolute atomic E-state index is 0.690. The summed E-state index contributed by atoms with van der Waals surface area (Å²) in [5.74, 6) is 0. The Bertz CT molecular complexity index is 113. The van der Waals surface area contributed by atoms with Crippen LogP contribution in [0.15, 0.2) is 0 Å². The van der Waals surface area contributed by atoms with E-state index in [4.69, 9.17) is 0 Å². The van der Waals surface area contributed by atoms with E-state index in [2.05, 4.69) is 10.1 Å². The molecule has 0 fully saturated rings. The van der Waals surface area contributed by atoms with E-state index < -0.39 is 11.8 Å². The van der Waals surface area contributed by atoms with Gasteiger partial charge >= 0.3 is 11.8 Å². The lowest BCUT2D eigenvalue weighted by Crippen LogP contribution is -2.19. The lowest BCUT2D eigenvalue weighted by atomic mass is 11.1. The van der Waals surface area contributed by atoms with Gasteiger partial charge in [0.2, 0.25) is 0 Å². The van der Waals surface area contributed by atoms with Crippen LogP contribution in [0.3, 0.4) is 0 Å². The molecule has 1 atom stereocenters. The molecular weight excluding hydrogens is 129 g/mol. The Labute approximate surface area is 48.8 Å². The van der Waals surface area contributed by atoms with Gasteiger partial charge in [0.25, 0.3) is 0 Å². The minimum Gasteiger partial charge on any atom is -0.373 e. The van der Waals surface area contributed by atoms with Gasteiger partial charge < -0.3 is 10.1 Å². The number of carbonyl (C=O) groups is 2. The summed E-state index contributed by atoms with van der Waals surface area (Å²) in [6.07, 6.45) is -0.745. The van der Waals surface area contributed by atoms with Crippen LogP contribution < -0.4 is 5.32 Å². The fourth-order valence-electron chi connectivity index (χ4n) is 0.142. The Kier molecular flexibility index (Phi) is 3.12. The molecule has 0 rings (SSSR count). The maximum atomic E-state index is 10.1. The SMILES string of the molecule is CNC(=O)OC(=O)P. The van der Waals surface area contributed by atoms with E-state index in [0.29, 0.717) is 0 Å². The molecule has 46 valence electrons. The van der Waals surface area contributed by atoms with E-state index in [-0.39, 0.29) is 0 Å². The molecule has 5 heteroatoms. The first kappa shape index (κ1) is 7.37. The van der Waals surface area contributed by atoms with Gasteiger partial charge in [0.05, 0.1) is 0 Å². The van der Waals surface area contributed by atoms with E-state index in [1.807, 2.05) is 0 Å². The van der Waals surface area contributed by atoms with Gasteiger partial charge in [0.1, 0.15) is 0 Å². The van der Waals surface area contributed by atoms with E-state index in [0.717, 1.165) is 0 Å². The second-order valence-electron chi connectivity index (χ2n) is 0.959. The molecule has 8 heavy (non-hydrogen) atoms. The Morgan fingerprint density at radius 3 is 2.25 bits per heavy atom. The van der Waals surface area contributed by atoms with Crippen molar-refractivity contribution >= 4 is 21.0 Å². The molecule has 0 spiro atoms. The molecule has 0 aliphatic carbocycles. The Hall–Kier alpha value is -0.630. The molecule has 0 saturated carbocycles. The molecule has 0 aromatic heterocycles. The number of amides is 1. The van der Waals surface area contributed by atoms with E-state index in [1.54, 1.807) is 9.24 Å². The zero-order chi connectivity index (χ0) is 6.57. The Balaban J connectivity index is 3.40. The highest BCUT2D eigenvalue weighted by molar-refractivity contribution is 7.39. The fraction of sp³-hybridized carbons (Fsp3) is 0.333. The third-order valence-electron chi connectivity index (χ3n) is 0.397. The smallest absolute Gasteiger partial charge is 0.373 e. The second kappa shape index (κ2) is 3.38. The Morgan fingerprint density at radius 1 is 1.62 bits per heavy atom. The largest absolute Gasteiger partial charge is 0.414 e. The summed E-state index contributed by atoms with van der Waals surface area (Å²) in [5, 5.41) is 2.10. The van der Waals surface area contributed by atoms with E-state index >= 15 is 0 Å². The van der Waals surface area contributed by atoms with Gasteiger partial charge in [-0.2, -0.15) is 0 Å². The molecule has 0 radical (unpaired) electrons. The van der Waals surface area contributed by atoms with Crippen LogP contribution in [0.2, 0.25) is 0 Å². The average molecular weight is 135 g/mol. The highest BCUT2D eigenvalue weighted by Crippen LogP contribution is 1.89. The lowest BCUT2D eigenvalue weighted by Gasteiger charge is -1.93. The first-order valence-electron chi connectivity index (χ1n) is 1.86. The number of hydrogen-bond donors (Lipinski definition) is 1. The van der Waals surface area contributed by atoms with Gasteiger partial charge in [-0.25, -0.2) is 9.59 Å². The van der Waals surface area contributed by atoms with Crippen molar-refractivity contribution in [3.63, 3.8) is 0 Å². The highest BCUT2D eigenvalue weighted by Gasteiger charge is 1.98. The summed E-state index contributed by atoms with van der Waals surface area (Å²) in [6, 6.07) is 0. The summed E-state index contributed by atoms with van der Waals surface area (Å²) < 4.78 is 3.97. The second-order valence-corrected chi connectivity index (χ2v) is 1.43. The van der Waals surface area contributed by atoms with Crippen molar-refractivity contribution in [3.8, 4) is 0 Å². The maximum absolute atomic E-state index is 10.1. The number of ether oxygens (including phenoxy) is 1. The zero-order valence-corrected chi connectivity index (χ0v) is 5.46. The van der Waals surface area contributed by atoms with Gasteiger partial charge in [-0.15, -0.1) is 0 Å². The zero-order valence-electron chi connectivity index (χ0n) is 4.30. The molecule has 1 N–H and O–H groups in total. The molecule has 1 amide bonds. The molecular formula is C3H6NO3P. The van der Waals surface area contributed by atoms with Crippen molar-refractivity contribution in [2.24, 2.45) is 0 Å². The molecule has 0 aromatic carbocycles. The normalized spacial score (nSPS) is 7.75. The van der Waals surface area contributed by atoms with Gasteiger partial charge in [0.15, 0.2) is 0 Å². The molecule has 0 heterocycles. The average Bonchev–Trinajstić information content (AvgIpc) is 1.65. The first-order valence-corrected chi connectivity index (χ1v) is 2.43. The third-order valence-corrected chi connectivity index (χ3v) is 0.515. The van der Waals surface area contributed by atoms with Crippen LogP contribution in [0.4, 0.5) is 9.59 Å². The van der Waals surface area contributed by atoms with Crippen LogP contribution in [0.5, 0.6) is 0 Å². The standard InChI is InChI=1S/C3H6NO3P/c1-4-2(5)7-3(6)8/h8H2,1H3,(H,4,5). The number of alkyl carbamates (subject to hydrolysis) is 1. The van der Waals surface area contributed by atoms with Crippen molar-refractivity contribution in [2.75, 3.05) is 7.05 Å². The summed E-state index contributed by atoms with van der Waals surface area (Å²) in [6.45, 7) is 0. The van der Waals surface area contributed by atoms with E-state index in [9.17, 15) is 9.59 Å². The summed E-state index contributed by atoms with van der Waals surface area (Å²) in [7, 11) is 3.08. The van der Waals surface area contributed by atoms with Crippen LogP contribution in [0.25, 0.3) is 0 Å². The quantitative estimate of drug-likeness (QED) is 0.384. The molecule has 0 saturated heterocycles. The summed E-state index contributed by atoms with van der Waals surface area (Å²) in [4.78, 5) is 19.9. The predicted molar refractivity (Wildman–Crippen MR) is 30.6 cm³/mol. The minimum atomic E-state index is -0.745. The van der Waals surface area contributed by atoms with Crippen molar-refractivity contribution < 1.29 is 14.3 Å². The van der Waals surface area contributed by atoms with Crippen molar-refractivity contribution in [2.45, 2.75) is 0 Å². The van der Waals surface area contributed by atoms with Gasteiger partial charge in [-0.3, -0.25) is 0 Å². The van der Waals surface area contributed by atoms with Crippen molar-refractivity contribution in [3.05, 3.63) is 0 Å². The number of carbonyl (C=O) groups excluding carboxylic acids is 2. The van der Waals surface area contributed by atoms with Gasteiger partial charge in [-0.05, 0) is 9.24 Å². The van der Waals surface area contributed by atoms with Crippen LogP contribution in [0, 0.1) is 0 Å². The van der Waals surface area contributed by atoms with Gasteiger partial charge in [0, 0.05) is 7.05 Å². The van der Waals surface area contributed by atoms with Gasteiger partial charge in [-0.1, -0.05) is 0 Å². The summed E-state index contributed by atoms with van der Waals surface area (Å²) >= 11 is 0. The Morgan fingerprint density at radius 2 is 2.12 bits per heavy atom. The van der Waals surface area contributed by atoms with Crippen molar-refractivity contribution in [1.29, 1.82) is 0 Å². The van der Waals surface area contributed by atoms with Crippen LogP contribution in [-0.4, -0.2) is 18.9 Å². The van der Waals surface area contributed by atoms with Crippen LogP contribution >= 0.6 is 9.24 Å².